The summed E-state index contributed by atoms with van der Waals surface area (Å²) < 4.78 is 5.71. The van der Waals surface area contributed by atoms with E-state index >= 15 is 0 Å². The Bertz CT molecular complexity index is 248. The van der Waals surface area contributed by atoms with Gasteiger partial charge in [0.25, 0.3) is 0 Å². The average Bonchev–Trinajstić information content (AvgIpc) is 1.98. The van der Waals surface area contributed by atoms with E-state index in [9.17, 15) is 5.21 Å². The number of rotatable bonds is 2. The Hall–Kier alpha value is -1.09. The third-order valence-electron chi connectivity index (χ3n) is 1.48. The van der Waals surface area contributed by atoms with Gasteiger partial charge in [-0.25, -0.2) is 0 Å². The molecule has 3 nitrogen and oxygen atoms in total. The Morgan fingerprint density at radius 1 is 1.55 bits per heavy atom. The lowest BCUT2D eigenvalue weighted by molar-refractivity contribution is -0.612. The SMILES string of the molecule is COCc1ccc(C)[n+]([O-])c1. The molecule has 0 atom stereocenters. The molecule has 0 bridgehead atoms. The molecule has 0 aromatic carbocycles. The van der Waals surface area contributed by atoms with Crippen molar-refractivity contribution >= 4 is 0 Å². The maximum atomic E-state index is 11.0. The molecule has 1 heterocycles. The van der Waals surface area contributed by atoms with Crippen molar-refractivity contribution in [2.24, 2.45) is 0 Å². The molecule has 1 aromatic heterocycles. The summed E-state index contributed by atoms with van der Waals surface area (Å²) in [6.45, 7) is 2.26. The van der Waals surface area contributed by atoms with Crippen molar-refractivity contribution in [3.63, 3.8) is 0 Å². The molecule has 0 aliphatic carbocycles. The van der Waals surface area contributed by atoms with Crippen LogP contribution in [-0.4, -0.2) is 7.11 Å². The van der Waals surface area contributed by atoms with Crippen molar-refractivity contribution in [2.45, 2.75) is 13.5 Å². The van der Waals surface area contributed by atoms with Gasteiger partial charge < -0.3 is 9.94 Å². The summed E-state index contributed by atoms with van der Waals surface area (Å²) in [4.78, 5) is 0. The van der Waals surface area contributed by atoms with Gasteiger partial charge in [0.1, 0.15) is 0 Å². The predicted molar refractivity (Wildman–Crippen MR) is 40.9 cm³/mol. The molecule has 1 aromatic rings. The zero-order valence-electron chi connectivity index (χ0n) is 6.70. The van der Waals surface area contributed by atoms with Gasteiger partial charge in [0.05, 0.1) is 6.61 Å². The Morgan fingerprint density at radius 2 is 2.27 bits per heavy atom. The second-order valence-electron chi connectivity index (χ2n) is 2.44. The van der Waals surface area contributed by atoms with Crippen LogP contribution in [0.5, 0.6) is 0 Å². The summed E-state index contributed by atoms with van der Waals surface area (Å²) in [6.07, 6.45) is 1.53. The van der Waals surface area contributed by atoms with E-state index in [4.69, 9.17) is 4.74 Å². The molecule has 0 spiro atoms. The van der Waals surface area contributed by atoms with Gasteiger partial charge >= 0.3 is 0 Å². The van der Waals surface area contributed by atoms with Crippen molar-refractivity contribution in [3.8, 4) is 0 Å². The van der Waals surface area contributed by atoms with Gasteiger partial charge in [0, 0.05) is 25.7 Å². The molecule has 0 aliphatic heterocycles. The highest BCUT2D eigenvalue weighted by atomic mass is 16.5. The number of hydrogen-bond donors (Lipinski definition) is 0. The minimum atomic E-state index is 0.489. The monoisotopic (exact) mass is 153 g/mol. The summed E-state index contributed by atoms with van der Waals surface area (Å²) >= 11 is 0. The zero-order chi connectivity index (χ0) is 8.27. The van der Waals surface area contributed by atoms with Crippen molar-refractivity contribution in [1.29, 1.82) is 0 Å². The first kappa shape index (κ1) is 8.01. The van der Waals surface area contributed by atoms with Crippen LogP contribution in [0.3, 0.4) is 0 Å². The van der Waals surface area contributed by atoms with Gasteiger partial charge in [-0.1, -0.05) is 0 Å². The van der Waals surface area contributed by atoms with Crippen LogP contribution < -0.4 is 4.73 Å². The topological polar surface area (TPSA) is 36.2 Å². The van der Waals surface area contributed by atoms with Gasteiger partial charge in [-0.05, 0) is 6.07 Å². The standard InChI is InChI=1S/C8H11NO2/c1-7-3-4-8(6-11-2)5-9(7)10/h3-5H,6H2,1-2H3. The smallest absolute Gasteiger partial charge is 0.189 e. The molecule has 1 rings (SSSR count). The molecule has 0 radical (unpaired) electrons. The van der Waals surface area contributed by atoms with Crippen LogP contribution in [0.4, 0.5) is 0 Å². The summed E-state index contributed by atoms with van der Waals surface area (Å²) in [6, 6.07) is 3.66. The average molecular weight is 153 g/mol. The van der Waals surface area contributed by atoms with Crippen molar-refractivity contribution in [3.05, 3.63) is 34.8 Å². The first-order valence-corrected chi connectivity index (χ1v) is 3.41. The lowest BCUT2D eigenvalue weighted by Crippen LogP contribution is -2.29. The molecule has 60 valence electrons. The van der Waals surface area contributed by atoms with Crippen LogP contribution in [0.2, 0.25) is 0 Å². The molecule has 0 saturated heterocycles. The lowest BCUT2D eigenvalue weighted by Gasteiger charge is -2.02. The molecular formula is C8H11NO2. The molecule has 3 heteroatoms. The Morgan fingerprint density at radius 3 is 2.82 bits per heavy atom. The summed E-state index contributed by atoms with van der Waals surface area (Å²) in [7, 11) is 1.61. The van der Waals surface area contributed by atoms with Crippen molar-refractivity contribution in [2.75, 3.05) is 7.11 Å². The maximum absolute atomic E-state index is 11.0. The molecule has 0 unspecified atom stereocenters. The first-order valence-electron chi connectivity index (χ1n) is 3.41. The highest BCUT2D eigenvalue weighted by Crippen LogP contribution is 1.98. The molecule has 0 fully saturated rings. The quantitative estimate of drug-likeness (QED) is 0.465. The van der Waals surface area contributed by atoms with E-state index in [0.29, 0.717) is 12.3 Å². The molecule has 0 aliphatic rings. The fourth-order valence-corrected chi connectivity index (χ4v) is 0.849. The Balaban J connectivity index is 2.86. The van der Waals surface area contributed by atoms with E-state index in [1.54, 1.807) is 20.1 Å². The lowest BCUT2D eigenvalue weighted by atomic mass is 10.3. The number of methoxy groups -OCH3 is 1. The second kappa shape index (κ2) is 3.34. The van der Waals surface area contributed by atoms with E-state index in [-0.39, 0.29) is 0 Å². The van der Waals surface area contributed by atoms with Gasteiger partial charge in [-0.3, -0.25) is 0 Å². The molecule has 11 heavy (non-hydrogen) atoms. The third-order valence-corrected chi connectivity index (χ3v) is 1.48. The van der Waals surface area contributed by atoms with E-state index in [2.05, 4.69) is 0 Å². The summed E-state index contributed by atoms with van der Waals surface area (Å²) in [5, 5.41) is 11.0. The zero-order valence-corrected chi connectivity index (χ0v) is 6.70. The third kappa shape index (κ3) is 1.91. The summed E-state index contributed by atoms with van der Waals surface area (Å²) in [5.74, 6) is 0. The second-order valence-corrected chi connectivity index (χ2v) is 2.44. The van der Waals surface area contributed by atoms with Crippen LogP contribution in [0.1, 0.15) is 11.3 Å². The summed E-state index contributed by atoms with van der Waals surface area (Å²) in [5.41, 5.74) is 1.60. The molecule has 0 amide bonds. The van der Waals surface area contributed by atoms with Crippen LogP contribution in [-0.2, 0) is 11.3 Å². The van der Waals surface area contributed by atoms with Crippen LogP contribution in [0, 0.1) is 12.1 Å². The Kier molecular flexibility index (Phi) is 2.44. The number of pyridine rings is 1. The predicted octanol–water partition coefficient (Wildman–Crippen LogP) is 0.775. The van der Waals surface area contributed by atoms with Gasteiger partial charge in [0.15, 0.2) is 11.9 Å². The van der Waals surface area contributed by atoms with Crippen molar-refractivity contribution < 1.29 is 9.47 Å². The fourth-order valence-electron chi connectivity index (χ4n) is 0.849. The number of hydrogen-bond acceptors (Lipinski definition) is 2. The number of ether oxygens (including phenoxy) is 1. The first-order chi connectivity index (χ1) is 5.24. The van der Waals surface area contributed by atoms with Crippen LogP contribution >= 0.6 is 0 Å². The van der Waals surface area contributed by atoms with E-state index < -0.39 is 0 Å². The van der Waals surface area contributed by atoms with Gasteiger partial charge in [-0.15, -0.1) is 0 Å². The van der Waals surface area contributed by atoms with E-state index in [1.165, 1.54) is 6.20 Å². The number of aromatic nitrogens is 1. The highest BCUT2D eigenvalue weighted by Gasteiger charge is 1.99. The van der Waals surface area contributed by atoms with Gasteiger partial charge in [0.2, 0.25) is 0 Å². The van der Waals surface area contributed by atoms with Crippen LogP contribution in [0.25, 0.3) is 0 Å². The van der Waals surface area contributed by atoms with Crippen LogP contribution in [0.15, 0.2) is 18.3 Å². The number of aryl methyl sites for hydroxylation is 1. The molecule has 0 saturated carbocycles. The van der Waals surface area contributed by atoms with Crippen molar-refractivity contribution in [1.82, 2.24) is 0 Å². The fraction of sp³-hybridized carbons (Fsp3) is 0.375. The molecular weight excluding hydrogens is 142 g/mol. The highest BCUT2D eigenvalue weighted by molar-refractivity contribution is 5.07. The van der Waals surface area contributed by atoms with Gasteiger partial charge in [-0.2, -0.15) is 4.73 Å². The minimum absolute atomic E-state index is 0.489. The normalized spacial score (nSPS) is 10.0. The maximum Gasteiger partial charge on any atom is 0.189 e. The Labute approximate surface area is 65.8 Å². The number of nitrogens with zero attached hydrogens (tertiary/aromatic N) is 1. The van der Waals surface area contributed by atoms with E-state index in [0.717, 1.165) is 10.3 Å². The largest absolute Gasteiger partial charge is 0.618 e. The molecule has 0 N–H and O–H groups in total. The minimum Gasteiger partial charge on any atom is -0.618 e. The van der Waals surface area contributed by atoms with E-state index in [1.807, 2.05) is 6.07 Å².